The molecule has 146 valence electrons. The fourth-order valence-electron chi connectivity index (χ4n) is 3.14. The Kier molecular flexibility index (Phi) is 6.85. The molecule has 0 saturated carbocycles. The first-order valence-corrected chi connectivity index (χ1v) is 9.21. The summed E-state index contributed by atoms with van der Waals surface area (Å²) in [6.45, 7) is 4.13. The number of aliphatic imine (C=N–C) groups is 1. The molecule has 1 aromatic carbocycles. The highest BCUT2D eigenvalue weighted by molar-refractivity contribution is 14.0. The first-order valence-electron chi connectivity index (χ1n) is 9.21. The van der Waals surface area contributed by atoms with E-state index in [2.05, 4.69) is 62.1 Å². The second kappa shape index (κ2) is 9.54. The predicted octanol–water partition coefficient (Wildman–Crippen LogP) is 3.13. The summed E-state index contributed by atoms with van der Waals surface area (Å²) >= 11 is 0. The third kappa shape index (κ3) is 4.44. The molecule has 0 amide bonds. The number of halogens is 1. The average Bonchev–Trinajstić information content (AvgIpc) is 3.30. The van der Waals surface area contributed by atoms with Crippen LogP contribution in [-0.2, 0) is 13.0 Å². The number of rotatable bonds is 6. The van der Waals surface area contributed by atoms with E-state index in [0.717, 1.165) is 36.9 Å². The summed E-state index contributed by atoms with van der Waals surface area (Å²) in [5.74, 6) is 1.60. The summed E-state index contributed by atoms with van der Waals surface area (Å²) in [4.78, 5) is 7.97. The lowest BCUT2D eigenvalue weighted by Gasteiger charge is -2.10. The van der Waals surface area contributed by atoms with Crippen LogP contribution in [0.25, 0.3) is 16.6 Å². The number of para-hydroxylation sites is 1. The van der Waals surface area contributed by atoms with Gasteiger partial charge in [-0.2, -0.15) is 0 Å². The molecule has 0 aliphatic rings. The molecule has 28 heavy (non-hydrogen) atoms. The Bertz CT molecular complexity index is 1070. The molecule has 0 radical (unpaired) electrons. The fraction of sp³-hybridized carbons (Fsp3) is 0.250. The van der Waals surface area contributed by atoms with E-state index in [1.807, 2.05) is 34.9 Å². The predicted molar refractivity (Wildman–Crippen MR) is 123 cm³/mol. The van der Waals surface area contributed by atoms with Crippen molar-refractivity contribution in [3.05, 3.63) is 66.2 Å². The molecule has 0 atom stereocenters. The smallest absolute Gasteiger partial charge is 0.191 e. The molecule has 0 saturated heterocycles. The number of aromatic nitrogens is 4. The van der Waals surface area contributed by atoms with Crippen molar-refractivity contribution < 1.29 is 0 Å². The van der Waals surface area contributed by atoms with Gasteiger partial charge in [-0.25, -0.2) is 4.99 Å². The Morgan fingerprint density at radius 2 is 1.96 bits per heavy atom. The summed E-state index contributed by atoms with van der Waals surface area (Å²) < 4.78 is 1.96. The monoisotopic (exact) mass is 489 g/mol. The van der Waals surface area contributed by atoms with E-state index < -0.39 is 0 Å². The largest absolute Gasteiger partial charge is 0.361 e. The highest BCUT2D eigenvalue weighted by Gasteiger charge is 2.06. The van der Waals surface area contributed by atoms with Crippen molar-refractivity contribution in [3.63, 3.8) is 0 Å². The topological polar surface area (TPSA) is 82.4 Å². The molecule has 8 heteroatoms. The summed E-state index contributed by atoms with van der Waals surface area (Å²) in [6, 6.07) is 14.2. The number of nitrogens with zero attached hydrogens (tertiary/aromatic N) is 4. The molecule has 0 aliphatic heterocycles. The van der Waals surface area contributed by atoms with E-state index in [9.17, 15) is 0 Å². The molecule has 0 bridgehead atoms. The van der Waals surface area contributed by atoms with E-state index in [4.69, 9.17) is 0 Å². The first kappa shape index (κ1) is 20.1. The van der Waals surface area contributed by atoms with Crippen molar-refractivity contribution in [3.8, 4) is 0 Å². The molecule has 0 unspecified atom stereocenters. The summed E-state index contributed by atoms with van der Waals surface area (Å²) in [6.07, 6.45) is 4.96. The minimum atomic E-state index is 0. The summed E-state index contributed by atoms with van der Waals surface area (Å²) in [5.41, 5.74) is 3.31. The molecule has 7 nitrogen and oxygen atoms in total. The van der Waals surface area contributed by atoms with Crippen LogP contribution >= 0.6 is 24.0 Å². The fourth-order valence-corrected chi connectivity index (χ4v) is 3.14. The molecule has 3 heterocycles. The van der Waals surface area contributed by atoms with Gasteiger partial charge in [0.15, 0.2) is 17.4 Å². The molecule has 3 N–H and O–H groups in total. The minimum Gasteiger partial charge on any atom is -0.361 e. The second-order valence-corrected chi connectivity index (χ2v) is 6.28. The number of H-pyrrole nitrogens is 1. The van der Waals surface area contributed by atoms with Gasteiger partial charge in [-0.1, -0.05) is 24.3 Å². The zero-order valence-corrected chi connectivity index (χ0v) is 18.1. The summed E-state index contributed by atoms with van der Waals surface area (Å²) in [5, 5.41) is 16.4. The van der Waals surface area contributed by atoms with Gasteiger partial charge >= 0.3 is 0 Å². The van der Waals surface area contributed by atoms with Crippen LogP contribution in [0.5, 0.6) is 0 Å². The van der Waals surface area contributed by atoms with Crippen LogP contribution in [0.2, 0.25) is 0 Å². The lowest BCUT2D eigenvalue weighted by atomic mass is 10.1. The quantitative estimate of drug-likeness (QED) is 0.221. The zero-order chi connectivity index (χ0) is 18.5. The highest BCUT2D eigenvalue weighted by Crippen LogP contribution is 2.17. The van der Waals surface area contributed by atoms with Gasteiger partial charge in [-0.15, -0.1) is 34.2 Å². The van der Waals surface area contributed by atoms with Crippen molar-refractivity contribution in [2.24, 2.45) is 4.99 Å². The van der Waals surface area contributed by atoms with Crippen LogP contribution in [0.1, 0.15) is 18.3 Å². The molecular formula is C20H24IN7. The van der Waals surface area contributed by atoms with Crippen LogP contribution in [0, 0.1) is 0 Å². The van der Waals surface area contributed by atoms with E-state index >= 15 is 0 Å². The highest BCUT2D eigenvalue weighted by atomic mass is 127. The van der Waals surface area contributed by atoms with Crippen LogP contribution in [0.15, 0.2) is 59.9 Å². The van der Waals surface area contributed by atoms with Crippen LogP contribution in [0.3, 0.4) is 0 Å². The number of hydrogen-bond acceptors (Lipinski definition) is 3. The van der Waals surface area contributed by atoms with Crippen LogP contribution in [0.4, 0.5) is 0 Å². The third-order valence-electron chi connectivity index (χ3n) is 4.47. The van der Waals surface area contributed by atoms with E-state index in [-0.39, 0.29) is 24.0 Å². The number of pyridine rings is 1. The Hall–Kier alpha value is -2.62. The van der Waals surface area contributed by atoms with Crippen molar-refractivity contribution in [2.75, 3.05) is 13.1 Å². The average molecular weight is 489 g/mol. The van der Waals surface area contributed by atoms with Gasteiger partial charge in [0.05, 0.1) is 0 Å². The van der Waals surface area contributed by atoms with Gasteiger partial charge in [0, 0.05) is 36.4 Å². The van der Waals surface area contributed by atoms with Gasteiger partial charge in [0.25, 0.3) is 0 Å². The molecular weight excluding hydrogens is 465 g/mol. The first-order chi connectivity index (χ1) is 13.3. The van der Waals surface area contributed by atoms with Crippen molar-refractivity contribution in [1.29, 1.82) is 0 Å². The van der Waals surface area contributed by atoms with Crippen molar-refractivity contribution in [1.82, 2.24) is 30.2 Å². The number of nitrogens with one attached hydrogen (secondary N) is 3. The second-order valence-electron chi connectivity index (χ2n) is 6.28. The minimum absolute atomic E-state index is 0. The molecule has 0 fully saturated rings. The number of guanidine groups is 1. The van der Waals surface area contributed by atoms with Crippen LogP contribution in [-0.4, -0.2) is 38.6 Å². The van der Waals surface area contributed by atoms with Crippen molar-refractivity contribution >= 4 is 46.5 Å². The lowest BCUT2D eigenvalue weighted by Crippen LogP contribution is -2.38. The van der Waals surface area contributed by atoms with Gasteiger partial charge in [-0.05, 0) is 37.1 Å². The zero-order valence-electron chi connectivity index (χ0n) is 15.7. The Balaban J connectivity index is 0.00000225. The molecule has 4 aromatic rings. The van der Waals surface area contributed by atoms with E-state index in [1.54, 1.807) is 0 Å². The Morgan fingerprint density at radius 3 is 2.86 bits per heavy atom. The number of benzene rings is 1. The lowest BCUT2D eigenvalue weighted by molar-refractivity contribution is 0.789. The Labute approximate surface area is 180 Å². The molecule has 0 spiro atoms. The SMILES string of the molecule is CCNC(=NCc1nnc2ccccn12)NCCc1c[nH]c2ccccc12.I. The molecule has 0 aliphatic carbocycles. The molecule has 3 aromatic heterocycles. The van der Waals surface area contributed by atoms with Gasteiger partial charge < -0.3 is 15.6 Å². The third-order valence-corrected chi connectivity index (χ3v) is 4.47. The van der Waals surface area contributed by atoms with Crippen molar-refractivity contribution in [2.45, 2.75) is 19.9 Å². The number of aromatic amines is 1. The van der Waals surface area contributed by atoms with Crippen LogP contribution < -0.4 is 10.6 Å². The van der Waals surface area contributed by atoms with Gasteiger partial charge in [-0.3, -0.25) is 4.40 Å². The summed E-state index contributed by atoms with van der Waals surface area (Å²) in [7, 11) is 0. The van der Waals surface area contributed by atoms with E-state index in [1.165, 1.54) is 16.5 Å². The maximum Gasteiger partial charge on any atom is 0.191 e. The maximum absolute atomic E-state index is 4.65. The van der Waals surface area contributed by atoms with Gasteiger partial charge in [0.1, 0.15) is 6.54 Å². The molecule has 4 rings (SSSR count). The Morgan fingerprint density at radius 1 is 1.11 bits per heavy atom. The van der Waals surface area contributed by atoms with Gasteiger partial charge in [0.2, 0.25) is 0 Å². The number of fused-ring (bicyclic) bond motifs is 2. The number of hydrogen-bond donors (Lipinski definition) is 3. The maximum atomic E-state index is 4.65. The normalized spacial score (nSPS) is 11.5. The standard InChI is InChI=1S/C20H23N7.HI/c1-2-21-20(24-14-19-26-25-18-9-5-6-12-27(18)19)22-11-10-15-13-23-17-8-4-3-7-16(15)17;/h3-9,12-13,23H,2,10-11,14H2,1H3,(H2,21,22,24);1H. The van der Waals surface area contributed by atoms with E-state index in [0.29, 0.717) is 6.54 Å².